The molecule has 1 amide bonds. The fraction of sp³-hybridized carbons (Fsp3) is 0. The standard InChI is InChI=1S/C6H5N3O/c7-4-2-1-3-5(8-4)9-6(3)10/h1-2H,(H3,7,8,9,10). The molecule has 0 aromatic carbocycles. The number of nitrogens with two attached hydrogens (primary N) is 1. The Morgan fingerprint density at radius 3 is 2.90 bits per heavy atom. The third-order valence-corrected chi connectivity index (χ3v) is 1.39. The zero-order chi connectivity index (χ0) is 7.14. The number of nitrogen functional groups attached to an aromatic ring is 1. The van der Waals surface area contributed by atoms with E-state index in [0.717, 1.165) is 0 Å². The Kier molecular flexibility index (Phi) is 0.768. The molecule has 0 aliphatic carbocycles. The molecule has 4 heteroatoms. The van der Waals surface area contributed by atoms with E-state index in [-0.39, 0.29) is 5.91 Å². The molecule has 1 aliphatic rings. The number of aromatic nitrogens is 1. The normalized spacial score (nSPS) is 13.4. The Labute approximate surface area is 57.1 Å². The van der Waals surface area contributed by atoms with Crippen molar-refractivity contribution in [2.75, 3.05) is 11.1 Å². The Morgan fingerprint density at radius 2 is 2.30 bits per heavy atom. The van der Waals surface area contributed by atoms with Gasteiger partial charge in [0.1, 0.15) is 11.6 Å². The lowest BCUT2D eigenvalue weighted by Crippen LogP contribution is -2.26. The number of hydrogen-bond donors (Lipinski definition) is 2. The van der Waals surface area contributed by atoms with Crippen molar-refractivity contribution in [1.82, 2.24) is 4.98 Å². The van der Waals surface area contributed by atoms with Crippen LogP contribution in [0.15, 0.2) is 12.1 Å². The van der Waals surface area contributed by atoms with Gasteiger partial charge in [0.2, 0.25) is 0 Å². The van der Waals surface area contributed by atoms with E-state index in [0.29, 0.717) is 17.2 Å². The molecule has 0 saturated heterocycles. The van der Waals surface area contributed by atoms with Crippen molar-refractivity contribution in [2.24, 2.45) is 0 Å². The van der Waals surface area contributed by atoms with Gasteiger partial charge in [-0.1, -0.05) is 0 Å². The summed E-state index contributed by atoms with van der Waals surface area (Å²) in [6, 6.07) is 3.27. The summed E-state index contributed by atoms with van der Waals surface area (Å²) in [5.41, 5.74) is 5.96. The van der Waals surface area contributed by atoms with E-state index >= 15 is 0 Å². The molecule has 0 fully saturated rings. The van der Waals surface area contributed by atoms with Crippen LogP contribution in [0.1, 0.15) is 10.4 Å². The van der Waals surface area contributed by atoms with Crippen LogP contribution in [0.25, 0.3) is 0 Å². The van der Waals surface area contributed by atoms with Crippen molar-refractivity contribution < 1.29 is 4.79 Å². The van der Waals surface area contributed by atoms with Crippen LogP contribution in [0.4, 0.5) is 11.6 Å². The maximum absolute atomic E-state index is 10.6. The molecule has 0 bridgehead atoms. The second-order valence-corrected chi connectivity index (χ2v) is 2.09. The summed E-state index contributed by atoms with van der Waals surface area (Å²) in [4.78, 5) is 14.5. The molecule has 0 spiro atoms. The van der Waals surface area contributed by atoms with E-state index in [1.54, 1.807) is 12.1 Å². The van der Waals surface area contributed by atoms with Gasteiger partial charge >= 0.3 is 0 Å². The summed E-state index contributed by atoms with van der Waals surface area (Å²) in [7, 11) is 0. The number of carbonyl (C=O) groups is 1. The average Bonchev–Trinajstić information content (AvgIpc) is 1.86. The van der Waals surface area contributed by atoms with Gasteiger partial charge < -0.3 is 11.1 Å². The van der Waals surface area contributed by atoms with E-state index < -0.39 is 0 Å². The molecule has 0 unspecified atom stereocenters. The van der Waals surface area contributed by atoms with Gasteiger partial charge in [-0.3, -0.25) is 4.79 Å². The summed E-state index contributed by atoms with van der Waals surface area (Å²) in [5.74, 6) is 0.936. The molecule has 1 aliphatic heterocycles. The molecule has 1 aromatic heterocycles. The first-order valence-electron chi connectivity index (χ1n) is 2.85. The fourth-order valence-corrected chi connectivity index (χ4v) is 0.865. The second-order valence-electron chi connectivity index (χ2n) is 2.09. The highest BCUT2D eigenvalue weighted by atomic mass is 16.2. The molecule has 0 radical (unpaired) electrons. The molecule has 0 atom stereocenters. The van der Waals surface area contributed by atoms with E-state index in [1.807, 2.05) is 0 Å². The number of fused-ring (bicyclic) bond motifs is 1. The maximum Gasteiger partial charge on any atom is 0.260 e. The van der Waals surface area contributed by atoms with Crippen LogP contribution in [-0.4, -0.2) is 10.9 Å². The lowest BCUT2D eigenvalue weighted by atomic mass is 10.1. The van der Waals surface area contributed by atoms with E-state index in [9.17, 15) is 4.79 Å². The third-order valence-electron chi connectivity index (χ3n) is 1.39. The first-order valence-corrected chi connectivity index (χ1v) is 2.85. The highest BCUT2D eigenvalue weighted by Gasteiger charge is 2.23. The zero-order valence-electron chi connectivity index (χ0n) is 5.09. The molecular formula is C6H5N3O. The maximum atomic E-state index is 10.6. The quantitative estimate of drug-likeness (QED) is 0.535. The predicted molar refractivity (Wildman–Crippen MR) is 36.6 cm³/mol. The fourth-order valence-electron chi connectivity index (χ4n) is 0.865. The largest absolute Gasteiger partial charge is 0.384 e. The highest BCUT2D eigenvalue weighted by molar-refractivity contribution is 6.16. The van der Waals surface area contributed by atoms with Crippen molar-refractivity contribution in [1.29, 1.82) is 0 Å². The van der Waals surface area contributed by atoms with Gasteiger partial charge in [0.15, 0.2) is 0 Å². The van der Waals surface area contributed by atoms with Gasteiger partial charge in [-0.2, -0.15) is 0 Å². The van der Waals surface area contributed by atoms with Gasteiger partial charge in [0.05, 0.1) is 5.56 Å². The van der Waals surface area contributed by atoms with E-state index in [4.69, 9.17) is 5.73 Å². The number of amides is 1. The Balaban J connectivity index is 2.59. The number of rotatable bonds is 0. The van der Waals surface area contributed by atoms with E-state index in [1.165, 1.54) is 0 Å². The van der Waals surface area contributed by atoms with Gasteiger partial charge in [-0.05, 0) is 12.1 Å². The minimum absolute atomic E-state index is 0.0810. The number of pyridine rings is 1. The average molecular weight is 135 g/mol. The van der Waals surface area contributed by atoms with Crippen molar-refractivity contribution in [3.05, 3.63) is 17.7 Å². The first-order chi connectivity index (χ1) is 4.77. The number of anilines is 2. The van der Waals surface area contributed by atoms with Crippen LogP contribution < -0.4 is 11.1 Å². The molecule has 0 saturated carbocycles. The van der Waals surface area contributed by atoms with Gasteiger partial charge in [-0.25, -0.2) is 4.98 Å². The number of nitrogens with zero attached hydrogens (tertiary/aromatic N) is 1. The van der Waals surface area contributed by atoms with E-state index in [2.05, 4.69) is 10.3 Å². The Hall–Kier alpha value is -1.58. The minimum Gasteiger partial charge on any atom is -0.384 e. The Morgan fingerprint density at radius 1 is 1.50 bits per heavy atom. The first kappa shape index (κ1) is 5.22. The van der Waals surface area contributed by atoms with Crippen molar-refractivity contribution >= 4 is 17.5 Å². The lowest BCUT2D eigenvalue weighted by molar-refractivity contribution is 0.101. The summed E-state index contributed by atoms with van der Waals surface area (Å²) in [6.07, 6.45) is 0. The Bertz CT molecular complexity index is 308. The summed E-state index contributed by atoms with van der Waals surface area (Å²) >= 11 is 0. The van der Waals surface area contributed by atoms with Crippen LogP contribution in [0.3, 0.4) is 0 Å². The second kappa shape index (κ2) is 1.47. The highest BCUT2D eigenvalue weighted by Crippen LogP contribution is 2.23. The smallest absolute Gasteiger partial charge is 0.260 e. The molecule has 3 N–H and O–H groups in total. The monoisotopic (exact) mass is 135 g/mol. The topological polar surface area (TPSA) is 68.0 Å². The van der Waals surface area contributed by atoms with Crippen LogP contribution >= 0.6 is 0 Å². The summed E-state index contributed by atoms with van der Waals surface area (Å²) < 4.78 is 0. The summed E-state index contributed by atoms with van der Waals surface area (Å²) in [5, 5.41) is 2.50. The minimum atomic E-state index is -0.0810. The number of nitrogens with one attached hydrogen (secondary N) is 1. The molecule has 4 nitrogen and oxygen atoms in total. The van der Waals surface area contributed by atoms with Crippen LogP contribution in [-0.2, 0) is 0 Å². The molecule has 2 rings (SSSR count). The molecule has 1 aromatic rings. The van der Waals surface area contributed by atoms with Gasteiger partial charge in [0, 0.05) is 0 Å². The predicted octanol–water partition coefficient (Wildman–Crippen LogP) is 0.229. The van der Waals surface area contributed by atoms with Crippen molar-refractivity contribution in [3.8, 4) is 0 Å². The van der Waals surface area contributed by atoms with Crippen LogP contribution in [0, 0.1) is 0 Å². The van der Waals surface area contributed by atoms with Crippen molar-refractivity contribution in [3.63, 3.8) is 0 Å². The zero-order valence-corrected chi connectivity index (χ0v) is 5.09. The van der Waals surface area contributed by atoms with Gasteiger partial charge in [0.25, 0.3) is 5.91 Å². The van der Waals surface area contributed by atoms with Crippen LogP contribution in [0.5, 0.6) is 0 Å². The number of hydrogen-bond acceptors (Lipinski definition) is 3. The molecular weight excluding hydrogens is 130 g/mol. The summed E-state index contributed by atoms with van der Waals surface area (Å²) in [6.45, 7) is 0. The molecule has 50 valence electrons. The van der Waals surface area contributed by atoms with Crippen molar-refractivity contribution in [2.45, 2.75) is 0 Å². The molecule has 10 heavy (non-hydrogen) atoms. The van der Waals surface area contributed by atoms with Crippen LogP contribution in [0.2, 0.25) is 0 Å². The number of carbonyl (C=O) groups excluding carboxylic acids is 1. The lowest BCUT2D eigenvalue weighted by Gasteiger charge is -2.16. The molecule has 2 heterocycles. The SMILES string of the molecule is Nc1ccc2c(n1)NC2=O. The van der Waals surface area contributed by atoms with Gasteiger partial charge in [-0.15, -0.1) is 0 Å². The third kappa shape index (κ3) is 0.500.